The summed E-state index contributed by atoms with van der Waals surface area (Å²) in [6.07, 6.45) is 5.14. The molecule has 88 valence electrons. The Kier molecular flexibility index (Phi) is 3.83. The van der Waals surface area contributed by atoms with Crippen molar-refractivity contribution in [1.29, 1.82) is 0 Å². The third kappa shape index (κ3) is 2.38. The second-order valence-corrected chi connectivity index (χ2v) is 4.59. The van der Waals surface area contributed by atoms with Crippen LogP contribution in [0.15, 0.2) is 24.3 Å². The zero-order valence-electron chi connectivity index (χ0n) is 10.2. The van der Waals surface area contributed by atoms with Crippen LogP contribution in [0.1, 0.15) is 37.2 Å². The average Bonchev–Trinajstić information content (AvgIpc) is 2.38. The summed E-state index contributed by atoms with van der Waals surface area (Å²) in [6.45, 7) is 0. The highest BCUT2D eigenvalue weighted by atomic mass is 16.5. The molecule has 2 unspecified atom stereocenters. The Labute approximate surface area is 98.0 Å². The minimum absolute atomic E-state index is 0.655. The largest absolute Gasteiger partial charge is 0.496 e. The molecule has 0 aromatic heterocycles. The van der Waals surface area contributed by atoms with Gasteiger partial charge < -0.3 is 10.1 Å². The Morgan fingerprint density at radius 1 is 1.25 bits per heavy atom. The molecule has 2 atom stereocenters. The Balaban J connectivity index is 2.16. The molecule has 0 saturated heterocycles. The molecule has 0 radical (unpaired) electrons. The number of ether oxygens (including phenoxy) is 1. The van der Waals surface area contributed by atoms with Crippen molar-refractivity contribution in [3.05, 3.63) is 29.8 Å². The Hall–Kier alpha value is -1.02. The molecule has 1 fully saturated rings. The molecular weight excluding hydrogens is 198 g/mol. The van der Waals surface area contributed by atoms with Gasteiger partial charge in [0.15, 0.2) is 0 Å². The van der Waals surface area contributed by atoms with Gasteiger partial charge in [0.05, 0.1) is 7.11 Å². The van der Waals surface area contributed by atoms with Crippen LogP contribution in [-0.2, 0) is 0 Å². The van der Waals surface area contributed by atoms with Crippen molar-refractivity contribution in [1.82, 2.24) is 5.32 Å². The maximum Gasteiger partial charge on any atom is 0.122 e. The third-order valence-corrected chi connectivity index (χ3v) is 3.66. The molecule has 16 heavy (non-hydrogen) atoms. The number of hydrogen-bond donors (Lipinski definition) is 1. The van der Waals surface area contributed by atoms with Crippen LogP contribution in [0.25, 0.3) is 0 Å². The summed E-state index contributed by atoms with van der Waals surface area (Å²) < 4.78 is 5.45. The summed E-state index contributed by atoms with van der Waals surface area (Å²) in [5.41, 5.74) is 1.38. The van der Waals surface area contributed by atoms with E-state index in [1.165, 1.54) is 31.2 Å². The Bertz CT molecular complexity index is 337. The van der Waals surface area contributed by atoms with Gasteiger partial charge in [-0.15, -0.1) is 0 Å². The third-order valence-electron chi connectivity index (χ3n) is 3.66. The predicted molar refractivity (Wildman–Crippen MR) is 67.1 cm³/mol. The number of rotatable bonds is 3. The van der Waals surface area contributed by atoms with Gasteiger partial charge in [-0.05, 0) is 43.9 Å². The lowest BCUT2D eigenvalue weighted by atomic mass is 9.81. The van der Waals surface area contributed by atoms with E-state index in [0.29, 0.717) is 12.0 Å². The smallest absolute Gasteiger partial charge is 0.122 e. The molecule has 2 nitrogen and oxygen atoms in total. The van der Waals surface area contributed by atoms with Crippen LogP contribution in [0.2, 0.25) is 0 Å². The van der Waals surface area contributed by atoms with Gasteiger partial charge in [0.25, 0.3) is 0 Å². The molecule has 2 heteroatoms. The van der Waals surface area contributed by atoms with E-state index < -0.39 is 0 Å². The summed E-state index contributed by atoms with van der Waals surface area (Å²) in [5, 5.41) is 3.40. The molecule has 2 rings (SSSR count). The van der Waals surface area contributed by atoms with Crippen LogP contribution in [0, 0.1) is 0 Å². The highest BCUT2D eigenvalue weighted by molar-refractivity contribution is 5.36. The van der Waals surface area contributed by atoms with Crippen LogP contribution < -0.4 is 10.1 Å². The van der Waals surface area contributed by atoms with Gasteiger partial charge in [-0.3, -0.25) is 0 Å². The average molecular weight is 219 g/mol. The van der Waals surface area contributed by atoms with Crippen molar-refractivity contribution < 1.29 is 4.74 Å². The molecule has 1 aliphatic carbocycles. The fraction of sp³-hybridized carbons (Fsp3) is 0.571. The van der Waals surface area contributed by atoms with Crippen LogP contribution >= 0.6 is 0 Å². The van der Waals surface area contributed by atoms with Crippen LogP contribution in [0.5, 0.6) is 5.75 Å². The Morgan fingerprint density at radius 2 is 2.06 bits per heavy atom. The van der Waals surface area contributed by atoms with Crippen molar-refractivity contribution in [3.8, 4) is 5.75 Å². The van der Waals surface area contributed by atoms with E-state index in [1.54, 1.807) is 7.11 Å². The maximum atomic E-state index is 5.45. The number of nitrogens with one attached hydrogen (secondary N) is 1. The molecule has 1 aromatic carbocycles. The lowest BCUT2D eigenvalue weighted by Crippen LogP contribution is -2.30. The molecule has 0 spiro atoms. The second-order valence-electron chi connectivity index (χ2n) is 4.59. The van der Waals surface area contributed by atoms with E-state index in [1.807, 2.05) is 6.07 Å². The fourth-order valence-corrected chi connectivity index (χ4v) is 2.74. The van der Waals surface area contributed by atoms with E-state index in [4.69, 9.17) is 4.74 Å². The van der Waals surface area contributed by atoms with Crippen molar-refractivity contribution in [2.24, 2.45) is 0 Å². The van der Waals surface area contributed by atoms with Gasteiger partial charge in [-0.2, -0.15) is 0 Å². The van der Waals surface area contributed by atoms with Gasteiger partial charge >= 0.3 is 0 Å². The number of hydrogen-bond acceptors (Lipinski definition) is 2. The maximum absolute atomic E-state index is 5.45. The van der Waals surface area contributed by atoms with Crippen LogP contribution in [0.3, 0.4) is 0 Å². The van der Waals surface area contributed by atoms with E-state index >= 15 is 0 Å². The first kappa shape index (κ1) is 11.5. The summed E-state index contributed by atoms with van der Waals surface area (Å²) in [6, 6.07) is 9.10. The molecule has 1 aliphatic rings. The molecule has 1 N–H and O–H groups in total. The molecule has 0 aliphatic heterocycles. The zero-order chi connectivity index (χ0) is 11.4. The number of para-hydroxylation sites is 1. The van der Waals surface area contributed by atoms with Crippen LogP contribution in [-0.4, -0.2) is 20.2 Å². The van der Waals surface area contributed by atoms with Gasteiger partial charge in [0, 0.05) is 6.04 Å². The van der Waals surface area contributed by atoms with E-state index in [0.717, 1.165) is 5.75 Å². The Morgan fingerprint density at radius 3 is 2.81 bits per heavy atom. The monoisotopic (exact) mass is 219 g/mol. The summed E-state index contributed by atoms with van der Waals surface area (Å²) in [5.74, 6) is 1.70. The van der Waals surface area contributed by atoms with Gasteiger partial charge in [-0.25, -0.2) is 0 Å². The van der Waals surface area contributed by atoms with Crippen molar-refractivity contribution in [2.75, 3.05) is 14.2 Å². The lowest BCUT2D eigenvalue weighted by Gasteiger charge is -2.30. The molecule has 0 amide bonds. The summed E-state index contributed by atoms with van der Waals surface area (Å²) in [4.78, 5) is 0. The minimum Gasteiger partial charge on any atom is -0.496 e. The van der Waals surface area contributed by atoms with Crippen molar-refractivity contribution in [2.45, 2.75) is 37.6 Å². The fourth-order valence-electron chi connectivity index (χ4n) is 2.74. The summed E-state index contributed by atoms with van der Waals surface area (Å²) in [7, 11) is 3.83. The standard InChI is InChI=1S/C14H21NO/c1-15-12-7-5-6-11(10-12)13-8-3-4-9-14(13)16-2/h3-4,8-9,11-12,15H,5-7,10H2,1-2H3. The van der Waals surface area contributed by atoms with Gasteiger partial charge in [-0.1, -0.05) is 24.6 Å². The van der Waals surface area contributed by atoms with E-state index in [2.05, 4.69) is 30.6 Å². The minimum atomic E-state index is 0.655. The van der Waals surface area contributed by atoms with Crippen molar-refractivity contribution in [3.63, 3.8) is 0 Å². The first-order valence-electron chi connectivity index (χ1n) is 6.15. The number of benzene rings is 1. The normalized spacial score (nSPS) is 25.4. The molecule has 1 saturated carbocycles. The first-order valence-corrected chi connectivity index (χ1v) is 6.15. The highest BCUT2D eigenvalue weighted by Crippen LogP contribution is 2.37. The quantitative estimate of drug-likeness (QED) is 0.844. The highest BCUT2D eigenvalue weighted by Gasteiger charge is 2.23. The molecule has 0 bridgehead atoms. The van der Waals surface area contributed by atoms with E-state index in [9.17, 15) is 0 Å². The lowest BCUT2D eigenvalue weighted by molar-refractivity contribution is 0.342. The molecular formula is C14H21NO. The van der Waals surface area contributed by atoms with Crippen molar-refractivity contribution >= 4 is 0 Å². The summed E-state index contributed by atoms with van der Waals surface area (Å²) >= 11 is 0. The molecule has 1 aromatic rings. The predicted octanol–water partition coefficient (Wildman–Crippen LogP) is 2.94. The number of methoxy groups -OCH3 is 1. The van der Waals surface area contributed by atoms with Gasteiger partial charge in [0.2, 0.25) is 0 Å². The van der Waals surface area contributed by atoms with E-state index in [-0.39, 0.29) is 0 Å². The van der Waals surface area contributed by atoms with Gasteiger partial charge in [0.1, 0.15) is 5.75 Å². The van der Waals surface area contributed by atoms with Crippen LogP contribution in [0.4, 0.5) is 0 Å². The molecule has 0 heterocycles. The SMILES string of the molecule is CNC1CCCC(c2ccccc2OC)C1. The zero-order valence-corrected chi connectivity index (χ0v) is 10.2. The second kappa shape index (κ2) is 5.35. The topological polar surface area (TPSA) is 21.3 Å². The first-order chi connectivity index (χ1) is 7.85.